The molecule has 0 spiro atoms. The van der Waals surface area contributed by atoms with Crippen molar-refractivity contribution in [2.45, 2.75) is 62.9 Å². The molecule has 7 heteroatoms. The Bertz CT molecular complexity index is 620. The van der Waals surface area contributed by atoms with Crippen LogP contribution in [0.15, 0.2) is 18.2 Å². The number of rotatable bonds is 5. The number of aliphatic hydroxyl groups is 3. The lowest BCUT2D eigenvalue weighted by atomic mass is 9.90. The first-order valence-electron chi connectivity index (χ1n) is 9.54. The first kappa shape index (κ1) is 20.6. The lowest BCUT2D eigenvalue weighted by molar-refractivity contribution is -0.227. The first-order valence-corrected chi connectivity index (χ1v) is 9.54. The van der Waals surface area contributed by atoms with Gasteiger partial charge in [-0.25, -0.2) is 4.39 Å². The number of hydrogen-bond acceptors (Lipinski definition) is 6. The van der Waals surface area contributed by atoms with Gasteiger partial charge in [-0.2, -0.15) is 0 Å². The highest BCUT2D eigenvalue weighted by Crippen LogP contribution is 2.33. The molecule has 1 aromatic carbocycles. The summed E-state index contributed by atoms with van der Waals surface area (Å²) >= 11 is 0. The Labute approximate surface area is 159 Å². The van der Waals surface area contributed by atoms with E-state index in [4.69, 9.17) is 9.47 Å². The molecule has 0 radical (unpaired) electrons. The minimum absolute atomic E-state index is 0.324. The summed E-state index contributed by atoms with van der Waals surface area (Å²) in [5.74, 6) is 0. The number of alkyl halides is 1. The highest BCUT2D eigenvalue weighted by Gasteiger charge is 2.44. The van der Waals surface area contributed by atoms with E-state index in [2.05, 4.69) is 4.90 Å². The maximum Gasteiger partial charge on any atom is 0.118 e. The summed E-state index contributed by atoms with van der Waals surface area (Å²) in [4.78, 5) is 2.36. The van der Waals surface area contributed by atoms with Gasteiger partial charge in [0.1, 0.15) is 37.2 Å². The third kappa shape index (κ3) is 4.50. The van der Waals surface area contributed by atoms with Crippen LogP contribution in [0.3, 0.4) is 0 Å². The van der Waals surface area contributed by atoms with Crippen molar-refractivity contribution in [3.63, 3.8) is 0 Å². The monoisotopic (exact) mass is 383 g/mol. The van der Waals surface area contributed by atoms with Gasteiger partial charge in [0.2, 0.25) is 0 Å². The molecule has 2 fully saturated rings. The average Bonchev–Trinajstić information content (AvgIpc) is 2.69. The molecular weight excluding hydrogens is 353 g/mol. The van der Waals surface area contributed by atoms with Crippen LogP contribution in [0, 0.1) is 6.92 Å². The number of halogens is 1. The molecule has 2 heterocycles. The van der Waals surface area contributed by atoms with Crippen LogP contribution in [0.2, 0.25) is 0 Å². The van der Waals surface area contributed by atoms with Gasteiger partial charge < -0.3 is 24.8 Å². The van der Waals surface area contributed by atoms with Gasteiger partial charge in [-0.05, 0) is 36.5 Å². The van der Waals surface area contributed by atoms with Gasteiger partial charge in [0, 0.05) is 26.7 Å². The van der Waals surface area contributed by atoms with Crippen LogP contribution in [-0.4, -0.2) is 77.6 Å². The molecule has 2 aliphatic rings. The van der Waals surface area contributed by atoms with Crippen molar-refractivity contribution in [3.8, 4) is 0 Å². The molecule has 0 amide bonds. The molecule has 2 saturated heterocycles. The molecule has 27 heavy (non-hydrogen) atoms. The summed E-state index contributed by atoms with van der Waals surface area (Å²) in [5, 5.41) is 30.2. The topological polar surface area (TPSA) is 82.4 Å². The lowest BCUT2D eigenvalue weighted by Gasteiger charge is -2.40. The van der Waals surface area contributed by atoms with E-state index in [-0.39, 0.29) is 0 Å². The Morgan fingerprint density at radius 1 is 1.15 bits per heavy atom. The van der Waals surface area contributed by atoms with Gasteiger partial charge in [0.05, 0.1) is 6.10 Å². The highest BCUT2D eigenvalue weighted by atomic mass is 19.1. The normalized spacial score (nSPS) is 33.3. The molecule has 5 atom stereocenters. The minimum atomic E-state index is -1.44. The van der Waals surface area contributed by atoms with Gasteiger partial charge in [0.25, 0.3) is 0 Å². The highest BCUT2D eigenvalue weighted by molar-refractivity contribution is 5.33. The maximum atomic E-state index is 13.1. The SMILES string of the molecule is COC1CCN(Cc2cc([C@@H]3O[C@H](CF)[C@@H](O)[C@@H](O)[C@H]3O)ccc2C)CC1. The summed E-state index contributed by atoms with van der Waals surface area (Å²) in [6, 6.07) is 5.72. The zero-order valence-electron chi connectivity index (χ0n) is 15.9. The quantitative estimate of drug-likeness (QED) is 0.706. The van der Waals surface area contributed by atoms with Crippen molar-refractivity contribution >= 4 is 0 Å². The van der Waals surface area contributed by atoms with Gasteiger partial charge in [-0.15, -0.1) is 0 Å². The number of hydrogen-bond donors (Lipinski definition) is 3. The van der Waals surface area contributed by atoms with Crippen molar-refractivity contribution in [1.82, 2.24) is 4.90 Å². The van der Waals surface area contributed by atoms with E-state index in [1.165, 1.54) is 0 Å². The van der Waals surface area contributed by atoms with Crippen LogP contribution in [0.4, 0.5) is 4.39 Å². The van der Waals surface area contributed by atoms with E-state index in [9.17, 15) is 19.7 Å². The Hall–Kier alpha value is -1.09. The van der Waals surface area contributed by atoms with Gasteiger partial charge in [-0.3, -0.25) is 4.90 Å². The summed E-state index contributed by atoms with van der Waals surface area (Å²) in [6.07, 6.45) is -3.88. The van der Waals surface area contributed by atoms with E-state index < -0.39 is 37.2 Å². The number of ether oxygens (including phenoxy) is 2. The second-order valence-corrected chi connectivity index (χ2v) is 7.62. The number of aryl methyl sites for hydroxylation is 1. The summed E-state index contributed by atoms with van der Waals surface area (Å²) in [5.41, 5.74) is 2.91. The number of likely N-dealkylation sites (tertiary alicyclic amines) is 1. The molecular formula is C20H30FNO5. The molecule has 0 aromatic heterocycles. The Kier molecular flexibility index (Phi) is 6.83. The van der Waals surface area contributed by atoms with Crippen LogP contribution >= 0.6 is 0 Å². The molecule has 2 aliphatic heterocycles. The van der Waals surface area contributed by atoms with Crippen molar-refractivity contribution in [1.29, 1.82) is 0 Å². The zero-order valence-corrected chi connectivity index (χ0v) is 15.9. The van der Waals surface area contributed by atoms with Gasteiger partial charge in [-0.1, -0.05) is 18.2 Å². The molecule has 0 aliphatic carbocycles. The average molecular weight is 383 g/mol. The maximum absolute atomic E-state index is 13.1. The van der Waals surface area contributed by atoms with Crippen LogP contribution in [-0.2, 0) is 16.0 Å². The molecule has 0 bridgehead atoms. The van der Waals surface area contributed by atoms with E-state index in [1.54, 1.807) is 7.11 Å². The van der Waals surface area contributed by atoms with E-state index in [1.807, 2.05) is 25.1 Å². The smallest absolute Gasteiger partial charge is 0.118 e. The van der Waals surface area contributed by atoms with Crippen LogP contribution < -0.4 is 0 Å². The largest absolute Gasteiger partial charge is 0.387 e. The molecule has 3 N–H and O–H groups in total. The molecule has 0 unspecified atom stereocenters. The molecule has 6 nitrogen and oxygen atoms in total. The van der Waals surface area contributed by atoms with Crippen LogP contribution in [0.5, 0.6) is 0 Å². The van der Waals surface area contributed by atoms with Gasteiger partial charge in [0.15, 0.2) is 0 Å². The Morgan fingerprint density at radius 2 is 1.85 bits per heavy atom. The number of nitrogens with zero attached hydrogens (tertiary/aromatic N) is 1. The van der Waals surface area contributed by atoms with Crippen molar-refractivity contribution < 1.29 is 29.2 Å². The predicted octanol–water partition coefficient (Wildman–Crippen LogP) is 1.10. The van der Waals surface area contributed by atoms with Crippen LogP contribution in [0.25, 0.3) is 0 Å². The minimum Gasteiger partial charge on any atom is -0.387 e. The predicted molar refractivity (Wildman–Crippen MR) is 98.1 cm³/mol. The van der Waals surface area contributed by atoms with E-state index >= 15 is 0 Å². The van der Waals surface area contributed by atoms with E-state index in [0.29, 0.717) is 11.7 Å². The van der Waals surface area contributed by atoms with Crippen molar-refractivity contribution in [2.75, 3.05) is 26.9 Å². The van der Waals surface area contributed by atoms with Crippen molar-refractivity contribution in [3.05, 3.63) is 34.9 Å². The molecule has 1 aromatic rings. The standard InChI is InChI=1S/C20H30FNO5/c1-12-3-4-13(20-19(25)18(24)17(23)16(10-21)27-20)9-14(12)11-22-7-5-15(26-2)6-8-22/h3-4,9,15-20,23-25H,5-8,10-11H2,1-2H3/t16-,17-,18-,19-,20+/m1/s1. The fourth-order valence-corrected chi connectivity index (χ4v) is 3.94. The van der Waals surface area contributed by atoms with E-state index in [0.717, 1.165) is 43.6 Å². The van der Waals surface area contributed by atoms with Gasteiger partial charge >= 0.3 is 0 Å². The fourth-order valence-electron chi connectivity index (χ4n) is 3.94. The second-order valence-electron chi connectivity index (χ2n) is 7.62. The fraction of sp³-hybridized carbons (Fsp3) is 0.700. The third-order valence-electron chi connectivity index (χ3n) is 5.83. The summed E-state index contributed by atoms with van der Waals surface area (Å²) in [7, 11) is 1.75. The summed E-state index contributed by atoms with van der Waals surface area (Å²) in [6.45, 7) is 3.80. The van der Waals surface area contributed by atoms with Crippen LogP contribution in [0.1, 0.15) is 35.6 Å². The lowest BCUT2D eigenvalue weighted by Crippen LogP contribution is -2.54. The van der Waals surface area contributed by atoms with Crippen molar-refractivity contribution in [2.24, 2.45) is 0 Å². The second kappa shape index (κ2) is 8.94. The Balaban J connectivity index is 1.74. The third-order valence-corrected chi connectivity index (χ3v) is 5.83. The number of piperidine rings is 1. The first-order chi connectivity index (χ1) is 12.9. The zero-order chi connectivity index (χ0) is 19.6. The molecule has 0 saturated carbocycles. The summed E-state index contributed by atoms with van der Waals surface area (Å²) < 4.78 is 24.1. The molecule has 3 rings (SSSR count). The Morgan fingerprint density at radius 3 is 2.48 bits per heavy atom. The number of benzene rings is 1. The molecule has 152 valence electrons. The number of methoxy groups -OCH3 is 1. The number of aliphatic hydroxyl groups excluding tert-OH is 3.